The molecule has 0 aliphatic rings. The van der Waals surface area contributed by atoms with Crippen LogP contribution in [0.15, 0.2) is 10.8 Å². The van der Waals surface area contributed by atoms with Gasteiger partial charge in [0.1, 0.15) is 6.23 Å². The summed E-state index contributed by atoms with van der Waals surface area (Å²) < 4.78 is 0. The Hall–Kier alpha value is 0.530. The van der Waals surface area contributed by atoms with Crippen LogP contribution >= 0.6 is 47.0 Å². The Balaban J connectivity index is 3.29. The highest BCUT2D eigenvalue weighted by Gasteiger charge is 2.00. The highest BCUT2D eigenvalue weighted by Crippen LogP contribution is 2.08. The summed E-state index contributed by atoms with van der Waals surface area (Å²) in [6.07, 6.45) is -0.404. The first kappa shape index (κ1) is 22.5. The molecule has 0 heterocycles. The topological polar surface area (TPSA) is 61.4 Å². The van der Waals surface area contributed by atoms with Crippen molar-refractivity contribution in [2.24, 2.45) is 0 Å². The molecule has 0 aromatic rings. The van der Waals surface area contributed by atoms with Crippen molar-refractivity contribution >= 4 is 53.0 Å². The third-order valence-corrected chi connectivity index (χ3v) is 5.85. The fourth-order valence-electron chi connectivity index (χ4n) is 1.28. The monoisotopic (exact) mass is 384 g/mol. The van der Waals surface area contributed by atoms with Gasteiger partial charge in [-0.25, -0.2) is 0 Å². The molecule has 130 valence electrons. The van der Waals surface area contributed by atoms with E-state index in [1.807, 2.05) is 0 Å². The summed E-state index contributed by atoms with van der Waals surface area (Å²) in [5.74, 6) is 5.27. The quantitative estimate of drug-likeness (QED) is 0.296. The molecule has 0 rings (SSSR count). The van der Waals surface area contributed by atoms with Crippen LogP contribution in [0.2, 0.25) is 0 Å². The van der Waals surface area contributed by atoms with Crippen LogP contribution in [0, 0.1) is 0 Å². The Morgan fingerprint density at radius 3 is 2.36 bits per heavy atom. The third kappa shape index (κ3) is 16.9. The molecule has 1 atom stereocenters. The fraction of sp³-hybridized carbons (Fsp3) is 0.786. The minimum Gasteiger partial charge on any atom is -0.378 e. The minimum atomic E-state index is -0.404. The lowest BCUT2D eigenvalue weighted by atomic mass is 10.6. The van der Waals surface area contributed by atoms with E-state index in [9.17, 15) is 9.90 Å². The van der Waals surface area contributed by atoms with E-state index in [0.29, 0.717) is 12.3 Å². The van der Waals surface area contributed by atoms with Crippen LogP contribution in [0.4, 0.5) is 0 Å². The number of aliphatic hydroxyl groups is 1. The number of aliphatic hydroxyl groups excluding tert-OH is 1. The predicted molar refractivity (Wildman–Crippen MR) is 107 cm³/mol. The average Bonchev–Trinajstić information content (AvgIpc) is 2.52. The van der Waals surface area contributed by atoms with E-state index in [0.717, 1.165) is 35.3 Å². The van der Waals surface area contributed by atoms with Gasteiger partial charge in [0.15, 0.2) is 0 Å². The summed E-state index contributed by atoms with van der Waals surface area (Å²) in [6, 6.07) is 0. The zero-order valence-corrected chi connectivity index (χ0v) is 16.6. The molecule has 0 radical (unpaired) electrons. The van der Waals surface area contributed by atoms with Gasteiger partial charge >= 0.3 is 0 Å². The molecule has 0 spiro atoms. The Morgan fingerprint density at radius 1 is 1.09 bits per heavy atom. The van der Waals surface area contributed by atoms with Gasteiger partial charge in [-0.15, -0.1) is 23.5 Å². The van der Waals surface area contributed by atoms with Gasteiger partial charge in [0.25, 0.3) is 0 Å². The summed E-state index contributed by atoms with van der Waals surface area (Å²) >= 11 is 6.80. The van der Waals surface area contributed by atoms with Crippen LogP contribution in [0.3, 0.4) is 0 Å². The van der Waals surface area contributed by atoms with Crippen molar-refractivity contribution in [3.05, 3.63) is 10.8 Å². The van der Waals surface area contributed by atoms with Crippen LogP contribution in [-0.2, 0) is 4.79 Å². The van der Waals surface area contributed by atoms with Crippen molar-refractivity contribution < 1.29 is 9.90 Å². The van der Waals surface area contributed by atoms with Crippen molar-refractivity contribution in [3.8, 4) is 0 Å². The van der Waals surface area contributed by atoms with Crippen molar-refractivity contribution in [2.75, 3.05) is 47.6 Å². The molecule has 0 aromatic heterocycles. The maximum atomic E-state index is 11.3. The molecule has 3 N–H and O–H groups in total. The maximum absolute atomic E-state index is 11.3. The van der Waals surface area contributed by atoms with Crippen LogP contribution in [0.25, 0.3) is 0 Å². The van der Waals surface area contributed by atoms with Crippen LogP contribution < -0.4 is 10.6 Å². The van der Waals surface area contributed by atoms with Crippen molar-refractivity contribution in [1.82, 2.24) is 10.6 Å². The summed E-state index contributed by atoms with van der Waals surface area (Å²) in [7, 11) is 0. The van der Waals surface area contributed by atoms with E-state index < -0.39 is 6.23 Å². The number of nitrogens with one attached hydrogen (secondary N) is 2. The standard InChI is InChI=1S/C14H28N2O2S4/c1-3-19-11-13(17)15-5-7-21-9-10-22-8-6-16-14(18)12-20-4-2/h9-10,13,15,17H,3-8,11-12H2,1-2H3,(H,16,18)/b10-9-. The lowest BCUT2D eigenvalue weighted by Gasteiger charge is -2.10. The van der Waals surface area contributed by atoms with Gasteiger partial charge in [-0.2, -0.15) is 23.5 Å². The van der Waals surface area contributed by atoms with Crippen molar-refractivity contribution in [3.63, 3.8) is 0 Å². The smallest absolute Gasteiger partial charge is 0.230 e. The molecule has 0 aromatic carbocycles. The molecule has 0 saturated heterocycles. The SMILES string of the molecule is CCSCC(=O)NCCS/C=C\SCCNC(O)CSCC. The molecule has 22 heavy (non-hydrogen) atoms. The van der Waals surface area contributed by atoms with E-state index in [1.165, 1.54) is 0 Å². The third-order valence-electron chi connectivity index (χ3n) is 2.31. The minimum absolute atomic E-state index is 0.122. The first-order valence-corrected chi connectivity index (χ1v) is 11.8. The highest BCUT2D eigenvalue weighted by molar-refractivity contribution is 8.05. The Kier molecular flexibility index (Phi) is 18.3. The van der Waals surface area contributed by atoms with Crippen LogP contribution in [0.5, 0.6) is 0 Å². The molecular formula is C14H28N2O2S4. The summed E-state index contributed by atoms with van der Waals surface area (Å²) in [6.45, 7) is 5.66. The molecule has 1 unspecified atom stereocenters. The second kappa shape index (κ2) is 17.9. The molecule has 0 saturated carbocycles. The van der Waals surface area contributed by atoms with Gasteiger partial charge in [0, 0.05) is 30.3 Å². The second-order valence-corrected chi connectivity index (χ2v) is 8.75. The number of hydrogen-bond acceptors (Lipinski definition) is 7. The van der Waals surface area contributed by atoms with Crippen molar-refractivity contribution in [1.29, 1.82) is 0 Å². The van der Waals surface area contributed by atoms with E-state index in [4.69, 9.17) is 0 Å². The zero-order chi connectivity index (χ0) is 16.5. The Morgan fingerprint density at radius 2 is 1.73 bits per heavy atom. The van der Waals surface area contributed by atoms with Gasteiger partial charge in [0.05, 0.1) is 5.75 Å². The second-order valence-electron chi connectivity index (χ2n) is 4.13. The van der Waals surface area contributed by atoms with E-state index in [1.54, 1.807) is 47.0 Å². The number of thioether (sulfide) groups is 4. The highest BCUT2D eigenvalue weighted by atomic mass is 32.2. The Bertz CT molecular complexity index is 294. The van der Waals surface area contributed by atoms with Crippen LogP contribution in [-0.4, -0.2) is 64.8 Å². The molecule has 0 aliphatic carbocycles. The Labute approximate surface area is 151 Å². The van der Waals surface area contributed by atoms with E-state index >= 15 is 0 Å². The molecule has 1 amide bonds. The maximum Gasteiger partial charge on any atom is 0.230 e. The molecule has 4 nitrogen and oxygen atoms in total. The summed E-state index contributed by atoms with van der Waals surface area (Å²) in [5.41, 5.74) is 0. The van der Waals surface area contributed by atoms with Gasteiger partial charge in [-0.05, 0) is 22.3 Å². The largest absolute Gasteiger partial charge is 0.378 e. The molecule has 0 aliphatic heterocycles. The summed E-state index contributed by atoms with van der Waals surface area (Å²) in [4.78, 5) is 11.3. The number of amides is 1. The molecule has 0 bridgehead atoms. The zero-order valence-electron chi connectivity index (χ0n) is 13.4. The molecular weight excluding hydrogens is 356 g/mol. The lowest BCUT2D eigenvalue weighted by molar-refractivity contribution is -0.118. The molecule has 0 fully saturated rings. The van der Waals surface area contributed by atoms with Gasteiger partial charge in [-0.1, -0.05) is 13.8 Å². The van der Waals surface area contributed by atoms with Gasteiger partial charge in [-0.3, -0.25) is 10.1 Å². The first-order valence-electron chi connectivity index (χ1n) is 7.42. The number of carbonyl (C=O) groups excluding carboxylic acids is 1. The first-order chi connectivity index (χ1) is 10.7. The average molecular weight is 385 g/mol. The van der Waals surface area contributed by atoms with Gasteiger partial charge in [0.2, 0.25) is 5.91 Å². The predicted octanol–water partition coefficient (Wildman–Crippen LogP) is 2.45. The van der Waals surface area contributed by atoms with E-state index in [-0.39, 0.29) is 5.91 Å². The van der Waals surface area contributed by atoms with Crippen LogP contribution in [0.1, 0.15) is 13.8 Å². The lowest BCUT2D eigenvalue weighted by Crippen LogP contribution is -2.32. The normalized spacial score (nSPS) is 12.7. The number of carbonyl (C=O) groups is 1. The number of hydrogen-bond donors (Lipinski definition) is 3. The van der Waals surface area contributed by atoms with E-state index in [2.05, 4.69) is 35.3 Å². The molecule has 8 heteroatoms. The van der Waals surface area contributed by atoms with Crippen molar-refractivity contribution in [2.45, 2.75) is 20.1 Å². The number of rotatable bonds is 15. The fourth-order valence-corrected chi connectivity index (χ4v) is 3.71. The van der Waals surface area contributed by atoms with Gasteiger partial charge < -0.3 is 10.4 Å². The summed E-state index contributed by atoms with van der Waals surface area (Å²) in [5, 5.41) is 19.7.